The summed E-state index contributed by atoms with van der Waals surface area (Å²) in [6.07, 6.45) is 0. The average Bonchev–Trinajstić information content (AvgIpc) is 2.53. The number of Topliss-reactive ketones (excluding diaryl/α,β-unsaturated/α-hetero) is 1. The molecule has 0 aliphatic heterocycles. The molecule has 2 aromatic carbocycles. The molecule has 0 aromatic heterocycles. The first-order valence-corrected chi connectivity index (χ1v) is 6.66. The fraction of sp³-hybridized carbons (Fsp3) is 0.0667. The molecule has 0 fully saturated rings. The van der Waals surface area contributed by atoms with E-state index in [0.717, 1.165) is 18.2 Å². The van der Waals surface area contributed by atoms with Crippen LogP contribution in [-0.2, 0) is 4.74 Å². The minimum atomic E-state index is -0.804. The number of halogens is 2. The van der Waals surface area contributed by atoms with Gasteiger partial charge in [0.1, 0.15) is 10.8 Å². The SMILES string of the molecule is O=C(COC(=O)c1ccc(F)cc1)c1ccc(Cl)c([N+](=O)[O-])c1. The van der Waals surface area contributed by atoms with Gasteiger partial charge in [0.05, 0.1) is 10.5 Å². The summed E-state index contributed by atoms with van der Waals surface area (Å²) in [4.78, 5) is 33.7. The molecular weight excluding hydrogens is 329 g/mol. The van der Waals surface area contributed by atoms with E-state index in [1.165, 1.54) is 24.3 Å². The third-order valence-corrected chi connectivity index (χ3v) is 3.20. The lowest BCUT2D eigenvalue weighted by Crippen LogP contribution is -2.14. The number of carbonyl (C=O) groups excluding carboxylic acids is 2. The minimum Gasteiger partial charge on any atom is -0.454 e. The van der Waals surface area contributed by atoms with Gasteiger partial charge in [0.2, 0.25) is 5.78 Å². The number of nitro groups is 1. The van der Waals surface area contributed by atoms with Gasteiger partial charge in [-0.15, -0.1) is 0 Å². The summed E-state index contributed by atoms with van der Waals surface area (Å²) in [6.45, 7) is -0.602. The molecule has 0 saturated carbocycles. The maximum absolute atomic E-state index is 12.7. The van der Waals surface area contributed by atoms with Crippen LogP contribution < -0.4 is 0 Å². The number of benzene rings is 2. The maximum atomic E-state index is 12.7. The molecule has 118 valence electrons. The van der Waals surface area contributed by atoms with Gasteiger partial charge >= 0.3 is 5.97 Å². The van der Waals surface area contributed by atoms with Crippen LogP contribution in [-0.4, -0.2) is 23.3 Å². The van der Waals surface area contributed by atoms with Crippen LogP contribution in [0.1, 0.15) is 20.7 Å². The van der Waals surface area contributed by atoms with Crippen LogP contribution in [0.25, 0.3) is 0 Å². The van der Waals surface area contributed by atoms with Crippen LogP contribution in [0.3, 0.4) is 0 Å². The van der Waals surface area contributed by atoms with E-state index in [9.17, 15) is 24.1 Å². The first kappa shape index (κ1) is 16.6. The molecule has 23 heavy (non-hydrogen) atoms. The normalized spacial score (nSPS) is 10.2. The second-order valence-electron chi connectivity index (χ2n) is 4.43. The Morgan fingerprint density at radius 3 is 2.35 bits per heavy atom. The topological polar surface area (TPSA) is 86.5 Å². The number of ether oxygens (including phenoxy) is 1. The van der Waals surface area contributed by atoms with E-state index in [1.54, 1.807) is 0 Å². The van der Waals surface area contributed by atoms with Crippen LogP contribution >= 0.6 is 11.6 Å². The lowest BCUT2D eigenvalue weighted by molar-refractivity contribution is -0.384. The number of esters is 1. The fourth-order valence-corrected chi connectivity index (χ4v) is 1.90. The molecule has 2 aromatic rings. The number of ketones is 1. The maximum Gasteiger partial charge on any atom is 0.338 e. The Labute approximate surface area is 134 Å². The van der Waals surface area contributed by atoms with Crippen LogP contribution in [0.2, 0.25) is 5.02 Å². The highest BCUT2D eigenvalue weighted by Crippen LogP contribution is 2.25. The van der Waals surface area contributed by atoms with Crippen molar-refractivity contribution in [2.24, 2.45) is 0 Å². The van der Waals surface area contributed by atoms with Crippen molar-refractivity contribution in [1.82, 2.24) is 0 Å². The molecule has 0 amide bonds. The van der Waals surface area contributed by atoms with Gasteiger partial charge in [-0.05, 0) is 36.4 Å². The summed E-state index contributed by atoms with van der Waals surface area (Å²) in [6, 6.07) is 8.13. The molecule has 0 saturated heterocycles. The van der Waals surface area contributed by atoms with Gasteiger partial charge in [-0.1, -0.05) is 11.6 Å². The van der Waals surface area contributed by atoms with Crippen molar-refractivity contribution < 1.29 is 23.6 Å². The molecule has 8 heteroatoms. The van der Waals surface area contributed by atoms with Crippen LogP contribution in [0.15, 0.2) is 42.5 Å². The summed E-state index contributed by atoms with van der Waals surface area (Å²) in [5, 5.41) is 10.7. The van der Waals surface area contributed by atoms with Gasteiger partial charge in [0.25, 0.3) is 5.69 Å². The van der Waals surface area contributed by atoms with E-state index < -0.39 is 34.8 Å². The van der Waals surface area contributed by atoms with E-state index in [2.05, 4.69) is 0 Å². The van der Waals surface area contributed by atoms with E-state index in [0.29, 0.717) is 0 Å². The van der Waals surface area contributed by atoms with Crippen molar-refractivity contribution in [3.05, 3.63) is 74.5 Å². The van der Waals surface area contributed by atoms with Crippen molar-refractivity contribution in [3.8, 4) is 0 Å². The number of carbonyl (C=O) groups is 2. The highest BCUT2D eigenvalue weighted by Gasteiger charge is 2.17. The summed E-state index contributed by atoms with van der Waals surface area (Å²) in [5.41, 5.74) is -0.336. The van der Waals surface area contributed by atoms with Crippen molar-refractivity contribution in [3.63, 3.8) is 0 Å². The monoisotopic (exact) mass is 337 g/mol. The zero-order valence-corrected chi connectivity index (χ0v) is 12.2. The molecule has 0 radical (unpaired) electrons. The highest BCUT2D eigenvalue weighted by atomic mass is 35.5. The van der Waals surface area contributed by atoms with Crippen LogP contribution in [0.4, 0.5) is 10.1 Å². The minimum absolute atomic E-state index is 0.00648. The van der Waals surface area contributed by atoms with Gasteiger partial charge in [-0.25, -0.2) is 9.18 Å². The highest BCUT2D eigenvalue weighted by molar-refractivity contribution is 6.32. The molecule has 6 nitrogen and oxygen atoms in total. The molecular formula is C15H9ClFNO5. The third kappa shape index (κ3) is 4.10. The third-order valence-electron chi connectivity index (χ3n) is 2.88. The van der Waals surface area contributed by atoms with Crippen molar-refractivity contribution in [2.45, 2.75) is 0 Å². The van der Waals surface area contributed by atoms with Crippen LogP contribution in [0.5, 0.6) is 0 Å². The number of nitrogens with zero attached hydrogens (tertiary/aromatic N) is 1. The van der Waals surface area contributed by atoms with E-state index >= 15 is 0 Å². The Morgan fingerprint density at radius 2 is 1.74 bits per heavy atom. The molecule has 0 bridgehead atoms. The van der Waals surface area contributed by atoms with Crippen molar-refractivity contribution >= 4 is 29.0 Å². The second kappa shape index (κ2) is 6.97. The molecule has 0 spiro atoms. The summed E-state index contributed by atoms with van der Waals surface area (Å²) in [7, 11) is 0. The first-order valence-electron chi connectivity index (χ1n) is 6.28. The lowest BCUT2D eigenvalue weighted by atomic mass is 10.1. The molecule has 0 atom stereocenters. The largest absolute Gasteiger partial charge is 0.454 e. The number of nitro benzene ring substituents is 1. The van der Waals surface area contributed by atoms with E-state index in [-0.39, 0.29) is 16.1 Å². The molecule has 0 unspecified atom stereocenters. The Hall–Kier alpha value is -2.80. The Morgan fingerprint density at radius 1 is 1.13 bits per heavy atom. The number of rotatable bonds is 5. The predicted molar refractivity (Wildman–Crippen MR) is 79.1 cm³/mol. The van der Waals surface area contributed by atoms with Crippen molar-refractivity contribution in [1.29, 1.82) is 0 Å². The quantitative estimate of drug-likeness (QED) is 0.361. The smallest absolute Gasteiger partial charge is 0.338 e. The molecule has 0 heterocycles. The van der Waals surface area contributed by atoms with E-state index in [4.69, 9.17) is 16.3 Å². The Kier molecular flexibility index (Phi) is 5.02. The number of hydrogen-bond donors (Lipinski definition) is 0. The Bertz CT molecular complexity index is 776. The predicted octanol–water partition coefficient (Wildman–Crippen LogP) is 3.43. The van der Waals surface area contributed by atoms with Gasteiger partial charge < -0.3 is 4.74 Å². The molecule has 0 N–H and O–H groups in total. The molecule has 0 aliphatic carbocycles. The zero-order chi connectivity index (χ0) is 17.0. The number of hydrogen-bond acceptors (Lipinski definition) is 5. The van der Waals surface area contributed by atoms with Gasteiger partial charge in [-0.3, -0.25) is 14.9 Å². The second-order valence-corrected chi connectivity index (χ2v) is 4.84. The average molecular weight is 338 g/mol. The standard InChI is InChI=1S/C15H9ClFNO5/c16-12-6-3-10(7-13(12)18(21)22)14(19)8-23-15(20)9-1-4-11(17)5-2-9/h1-7H,8H2. The lowest BCUT2D eigenvalue weighted by Gasteiger charge is -2.05. The van der Waals surface area contributed by atoms with E-state index in [1.807, 2.05) is 0 Å². The fourth-order valence-electron chi connectivity index (χ4n) is 1.71. The van der Waals surface area contributed by atoms with Crippen LogP contribution in [0, 0.1) is 15.9 Å². The van der Waals surface area contributed by atoms with Gasteiger partial charge in [-0.2, -0.15) is 0 Å². The summed E-state index contributed by atoms with van der Waals surface area (Å²) in [5.74, 6) is -1.94. The summed E-state index contributed by atoms with van der Waals surface area (Å²) >= 11 is 5.65. The molecule has 2 rings (SSSR count). The first-order chi connectivity index (χ1) is 10.9. The summed E-state index contributed by atoms with van der Waals surface area (Å²) < 4.78 is 17.6. The van der Waals surface area contributed by atoms with Gasteiger partial charge in [0.15, 0.2) is 6.61 Å². The Balaban J connectivity index is 2.05. The molecule has 0 aliphatic rings. The van der Waals surface area contributed by atoms with Gasteiger partial charge in [0, 0.05) is 11.6 Å². The zero-order valence-electron chi connectivity index (χ0n) is 11.5. The van der Waals surface area contributed by atoms with Crippen molar-refractivity contribution in [2.75, 3.05) is 6.61 Å².